The van der Waals surface area contributed by atoms with Gasteiger partial charge in [0.25, 0.3) is 10.0 Å². The van der Waals surface area contributed by atoms with E-state index in [1.165, 1.54) is 29.2 Å². The Bertz CT molecular complexity index is 1340. The van der Waals surface area contributed by atoms with Crippen molar-refractivity contribution in [2.75, 3.05) is 23.9 Å². The predicted octanol–water partition coefficient (Wildman–Crippen LogP) is 5.17. The fourth-order valence-electron chi connectivity index (χ4n) is 4.11. The molecule has 1 N–H and O–H groups in total. The van der Waals surface area contributed by atoms with Crippen LogP contribution in [0, 0.1) is 0 Å². The first-order valence-corrected chi connectivity index (χ1v) is 14.5. The van der Waals surface area contributed by atoms with Crippen molar-refractivity contribution in [3.05, 3.63) is 94.5 Å². The molecular formula is C28H31Cl2N3O4S. The van der Waals surface area contributed by atoms with E-state index in [2.05, 4.69) is 5.32 Å². The molecule has 38 heavy (non-hydrogen) atoms. The van der Waals surface area contributed by atoms with Crippen molar-refractivity contribution in [1.82, 2.24) is 10.2 Å². The van der Waals surface area contributed by atoms with Crippen molar-refractivity contribution < 1.29 is 18.0 Å². The molecule has 0 spiro atoms. The van der Waals surface area contributed by atoms with Crippen LogP contribution in [0.1, 0.15) is 25.8 Å². The van der Waals surface area contributed by atoms with Crippen LogP contribution in [0.3, 0.4) is 0 Å². The third kappa shape index (κ3) is 7.07. The summed E-state index contributed by atoms with van der Waals surface area (Å²) in [7, 11) is -4.21. The van der Waals surface area contributed by atoms with Gasteiger partial charge in [-0.2, -0.15) is 0 Å². The van der Waals surface area contributed by atoms with Crippen LogP contribution in [-0.4, -0.2) is 50.8 Å². The Hall–Kier alpha value is -3.07. The molecule has 10 heteroatoms. The number of rotatable bonds is 12. The van der Waals surface area contributed by atoms with Gasteiger partial charge in [0, 0.05) is 13.1 Å². The van der Waals surface area contributed by atoms with Gasteiger partial charge in [-0.1, -0.05) is 84.7 Å². The van der Waals surface area contributed by atoms with E-state index < -0.39 is 28.5 Å². The molecule has 202 valence electrons. The zero-order valence-electron chi connectivity index (χ0n) is 21.3. The molecule has 0 saturated heterocycles. The Labute approximate surface area is 234 Å². The van der Waals surface area contributed by atoms with Gasteiger partial charge in [-0.15, -0.1) is 0 Å². The summed E-state index contributed by atoms with van der Waals surface area (Å²) in [6.07, 6.45) is 0.849. The summed E-state index contributed by atoms with van der Waals surface area (Å²) in [6, 6.07) is 21.2. The average Bonchev–Trinajstić information content (AvgIpc) is 2.92. The van der Waals surface area contributed by atoms with E-state index in [0.29, 0.717) is 19.4 Å². The lowest BCUT2D eigenvalue weighted by Crippen LogP contribution is -2.53. The van der Waals surface area contributed by atoms with Crippen LogP contribution in [-0.2, 0) is 26.0 Å². The normalized spacial score (nSPS) is 12.0. The second kappa shape index (κ2) is 13.6. The number of likely N-dealkylation sites (N-methyl/N-ethyl adjacent to an activating group) is 1. The number of sulfonamides is 1. The number of benzene rings is 3. The first kappa shape index (κ1) is 29.5. The van der Waals surface area contributed by atoms with E-state index in [1.807, 2.05) is 37.3 Å². The van der Waals surface area contributed by atoms with Gasteiger partial charge in [0.15, 0.2) is 0 Å². The van der Waals surface area contributed by atoms with E-state index in [-0.39, 0.29) is 33.1 Å². The van der Waals surface area contributed by atoms with Crippen molar-refractivity contribution in [3.8, 4) is 0 Å². The number of nitrogens with one attached hydrogen (secondary N) is 1. The molecule has 0 aliphatic carbocycles. The van der Waals surface area contributed by atoms with Crippen LogP contribution in [0.25, 0.3) is 0 Å². The molecule has 7 nitrogen and oxygen atoms in total. The topological polar surface area (TPSA) is 86.8 Å². The van der Waals surface area contributed by atoms with Crippen molar-refractivity contribution in [3.63, 3.8) is 0 Å². The van der Waals surface area contributed by atoms with Gasteiger partial charge in [-0.05, 0) is 49.6 Å². The van der Waals surface area contributed by atoms with Gasteiger partial charge < -0.3 is 10.2 Å². The molecule has 0 fully saturated rings. The molecule has 0 aliphatic rings. The largest absolute Gasteiger partial charge is 0.355 e. The van der Waals surface area contributed by atoms with E-state index >= 15 is 0 Å². The molecule has 0 heterocycles. The number of hydrogen-bond donors (Lipinski definition) is 1. The van der Waals surface area contributed by atoms with E-state index in [4.69, 9.17) is 23.2 Å². The van der Waals surface area contributed by atoms with Crippen LogP contribution >= 0.6 is 23.2 Å². The number of amides is 2. The molecule has 0 saturated carbocycles. The fourth-order valence-corrected chi connectivity index (χ4v) is 6.00. The molecule has 0 radical (unpaired) electrons. The number of nitrogens with zero attached hydrogens (tertiary/aromatic N) is 2. The standard InChI is InChI=1S/C28H31Cl2N3O4S/c1-3-24(28(35)31-4-2)32(19-18-21-12-7-5-8-13-21)26(34)20-33(25-17-11-16-23(29)27(25)30)38(36,37)22-14-9-6-10-15-22/h5-17,24H,3-4,18-20H2,1-2H3,(H,31,35). The summed E-state index contributed by atoms with van der Waals surface area (Å²) in [5.74, 6) is -0.829. The summed E-state index contributed by atoms with van der Waals surface area (Å²) in [5.41, 5.74) is 1.06. The Kier molecular flexibility index (Phi) is 10.6. The van der Waals surface area contributed by atoms with Gasteiger partial charge in [-0.25, -0.2) is 8.42 Å². The minimum Gasteiger partial charge on any atom is -0.355 e. The van der Waals surface area contributed by atoms with E-state index in [9.17, 15) is 18.0 Å². The molecule has 0 bridgehead atoms. The number of halogens is 2. The summed E-state index contributed by atoms with van der Waals surface area (Å²) < 4.78 is 28.5. The second-order valence-corrected chi connectivity index (χ2v) is 11.2. The molecule has 0 aliphatic heterocycles. The van der Waals surface area contributed by atoms with Gasteiger partial charge in [-0.3, -0.25) is 13.9 Å². The van der Waals surface area contributed by atoms with Crippen molar-refractivity contribution >= 4 is 50.7 Å². The molecular weight excluding hydrogens is 545 g/mol. The maximum absolute atomic E-state index is 13.9. The fraction of sp³-hybridized carbons (Fsp3) is 0.286. The highest BCUT2D eigenvalue weighted by atomic mass is 35.5. The van der Waals surface area contributed by atoms with Gasteiger partial charge in [0.05, 0.1) is 20.6 Å². The molecule has 3 aromatic carbocycles. The Morgan fingerprint density at radius 1 is 0.895 bits per heavy atom. The Morgan fingerprint density at radius 2 is 1.53 bits per heavy atom. The lowest BCUT2D eigenvalue weighted by atomic mass is 10.1. The second-order valence-electron chi connectivity index (χ2n) is 8.54. The molecule has 0 aromatic heterocycles. The monoisotopic (exact) mass is 575 g/mol. The van der Waals surface area contributed by atoms with Gasteiger partial charge >= 0.3 is 0 Å². The molecule has 2 amide bonds. The maximum Gasteiger partial charge on any atom is 0.264 e. The lowest BCUT2D eigenvalue weighted by Gasteiger charge is -2.33. The third-order valence-corrected chi connectivity index (χ3v) is 8.61. The Morgan fingerprint density at radius 3 is 2.13 bits per heavy atom. The van der Waals surface area contributed by atoms with Crippen LogP contribution in [0.2, 0.25) is 10.0 Å². The highest BCUT2D eigenvalue weighted by Gasteiger charge is 2.34. The van der Waals surface area contributed by atoms with Gasteiger partial charge in [0.1, 0.15) is 12.6 Å². The third-order valence-electron chi connectivity index (χ3n) is 6.03. The number of anilines is 1. The highest BCUT2D eigenvalue weighted by Crippen LogP contribution is 2.35. The lowest BCUT2D eigenvalue weighted by molar-refractivity contribution is -0.139. The van der Waals surface area contributed by atoms with Crippen LogP contribution in [0.5, 0.6) is 0 Å². The minimum absolute atomic E-state index is 0.00422. The molecule has 1 unspecified atom stereocenters. The molecule has 3 aromatic rings. The smallest absolute Gasteiger partial charge is 0.264 e. The van der Waals surface area contributed by atoms with Crippen molar-refractivity contribution in [1.29, 1.82) is 0 Å². The summed E-state index contributed by atoms with van der Waals surface area (Å²) in [6.45, 7) is 3.68. The zero-order valence-corrected chi connectivity index (χ0v) is 23.6. The Balaban J connectivity index is 2.03. The average molecular weight is 577 g/mol. The molecule has 1 atom stereocenters. The first-order chi connectivity index (χ1) is 18.2. The highest BCUT2D eigenvalue weighted by molar-refractivity contribution is 7.92. The van der Waals surface area contributed by atoms with Crippen LogP contribution < -0.4 is 9.62 Å². The van der Waals surface area contributed by atoms with E-state index in [1.54, 1.807) is 31.2 Å². The van der Waals surface area contributed by atoms with Crippen LogP contribution in [0.15, 0.2) is 83.8 Å². The van der Waals surface area contributed by atoms with Crippen molar-refractivity contribution in [2.45, 2.75) is 37.6 Å². The van der Waals surface area contributed by atoms with Gasteiger partial charge in [0.2, 0.25) is 11.8 Å². The van der Waals surface area contributed by atoms with E-state index in [0.717, 1.165) is 9.87 Å². The quantitative estimate of drug-likeness (QED) is 0.322. The maximum atomic E-state index is 13.9. The van der Waals surface area contributed by atoms with Crippen LogP contribution in [0.4, 0.5) is 5.69 Å². The number of carbonyl (C=O) groups excluding carboxylic acids is 2. The summed E-state index contributed by atoms with van der Waals surface area (Å²) in [5, 5.41) is 2.94. The first-order valence-electron chi connectivity index (χ1n) is 12.3. The summed E-state index contributed by atoms with van der Waals surface area (Å²) >= 11 is 12.7. The minimum atomic E-state index is -4.21. The number of hydrogen-bond acceptors (Lipinski definition) is 4. The zero-order chi connectivity index (χ0) is 27.7. The molecule has 3 rings (SSSR count). The summed E-state index contributed by atoms with van der Waals surface area (Å²) in [4.78, 5) is 28.3. The predicted molar refractivity (Wildman–Crippen MR) is 152 cm³/mol. The number of carbonyl (C=O) groups is 2. The van der Waals surface area contributed by atoms with Crippen molar-refractivity contribution in [2.24, 2.45) is 0 Å². The SMILES string of the molecule is CCNC(=O)C(CC)N(CCc1ccccc1)C(=O)CN(c1cccc(Cl)c1Cl)S(=O)(=O)c1ccccc1.